The zero-order valence-electron chi connectivity index (χ0n) is 9.68. The Kier molecular flexibility index (Phi) is 2.54. The van der Waals surface area contributed by atoms with Gasteiger partial charge in [-0.3, -0.25) is 20.1 Å². The topological polar surface area (TPSA) is 108 Å². The van der Waals surface area contributed by atoms with E-state index in [-0.39, 0.29) is 18.0 Å². The number of hydrazine groups is 1. The summed E-state index contributed by atoms with van der Waals surface area (Å²) in [5.74, 6) is -0.258. The van der Waals surface area contributed by atoms with Gasteiger partial charge in [0.1, 0.15) is 16.6 Å². The van der Waals surface area contributed by atoms with E-state index < -0.39 is 4.92 Å². The van der Waals surface area contributed by atoms with Crippen LogP contribution in [0.2, 0.25) is 0 Å². The number of allylic oxidation sites excluding steroid dienone is 1. The molecule has 3 heterocycles. The number of nitro groups is 1. The van der Waals surface area contributed by atoms with Gasteiger partial charge in [-0.1, -0.05) is 0 Å². The second-order valence-electron chi connectivity index (χ2n) is 4.14. The lowest BCUT2D eigenvalue weighted by atomic mass is 10.1. The summed E-state index contributed by atoms with van der Waals surface area (Å²) in [6.45, 7) is 0.528. The van der Waals surface area contributed by atoms with Crippen LogP contribution in [0, 0.1) is 27.4 Å². The molecule has 0 saturated carbocycles. The smallest absolute Gasteiger partial charge is 0.399 e. The monoisotopic (exact) mass is 259 g/mol. The van der Waals surface area contributed by atoms with E-state index in [1.807, 2.05) is 0 Å². The number of aliphatic imine (C=N–C) groups is 1. The minimum absolute atomic E-state index is 0.259. The molecule has 1 aromatic heterocycles. The molecular formula is C11H9N5O3. The minimum atomic E-state index is -0.599. The Balaban J connectivity index is 1.91. The molecule has 96 valence electrons. The number of rotatable bonds is 2. The van der Waals surface area contributed by atoms with Crippen LogP contribution in [0.5, 0.6) is 0 Å². The van der Waals surface area contributed by atoms with Crippen LogP contribution in [0.4, 0.5) is 5.88 Å². The first kappa shape index (κ1) is 11.4. The predicted octanol–water partition coefficient (Wildman–Crippen LogP) is 0.790. The molecule has 0 aromatic carbocycles. The molecular weight excluding hydrogens is 250 g/mol. The van der Waals surface area contributed by atoms with Gasteiger partial charge in [0, 0.05) is 12.7 Å². The Hall–Kier alpha value is -2.66. The van der Waals surface area contributed by atoms with Gasteiger partial charge in [-0.15, -0.1) is 0 Å². The largest absolute Gasteiger partial charge is 0.433 e. The second-order valence-corrected chi connectivity index (χ2v) is 4.14. The van der Waals surface area contributed by atoms with E-state index in [4.69, 9.17) is 9.68 Å². The number of nitriles is 1. The first-order valence-corrected chi connectivity index (χ1v) is 5.61. The standard InChI is InChI=1S/C11H9N5O3/c12-5-7-6-13-15-4-3-8(14-11(7)15)9-1-2-10(19-9)16(17)18/h1-4,7,11,13H,6H2. The third kappa shape index (κ3) is 1.86. The van der Waals surface area contributed by atoms with Crippen molar-refractivity contribution in [3.8, 4) is 6.07 Å². The quantitative estimate of drug-likeness (QED) is 0.621. The van der Waals surface area contributed by atoms with Crippen molar-refractivity contribution in [2.75, 3.05) is 6.54 Å². The van der Waals surface area contributed by atoms with E-state index in [2.05, 4.69) is 16.5 Å². The van der Waals surface area contributed by atoms with Crippen LogP contribution in [0.25, 0.3) is 0 Å². The highest BCUT2D eigenvalue weighted by Gasteiger charge is 2.34. The van der Waals surface area contributed by atoms with Gasteiger partial charge >= 0.3 is 5.88 Å². The van der Waals surface area contributed by atoms with Crippen molar-refractivity contribution in [3.05, 3.63) is 40.3 Å². The average molecular weight is 259 g/mol. The van der Waals surface area contributed by atoms with Crippen LogP contribution in [0.3, 0.4) is 0 Å². The van der Waals surface area contributed by atoms with E-state index in [1.165, 1.54) is 12.1 Å². The molecule has 1 N–H and O–H groups in total. The van der Waals surface area contributed by atoms with Crippen molar-refractivity contribution >= 4 is 11.6 Å². The van der Waals surface area contributed by atoms with Gasteiger partial charge in [0.15, 0.2) is 11.9 Å². The highest BCUT2D eigenvalue weighted by atomic mass is 16.6. The maximum absolute atomic E-state index is 10.6. The number of furan rings is 1. The van der Waals surface area contributed by atoms with E-state index in [0.29, 0.717) is 18.0 Å². The van der Waals surface area contributed by atoms with E-state index in [1.54, 1.807) is 17.3 Å². The van der Waals surface area contributed by atoms with Gasteiger partial charge in [-0.05, 0) is 12.1 Å². The summed E-state index contributed by atoms with van der Waals surface area (Å²) in [4.78, 5) is 14.4. The van der Waals surface area contributed by atoms with Gasteiger partial charge in [0.05, 0.1) is 12.1 Å². The Morgan fingerprint density at radius 2 is 2.47 bits per heavy atom. The molecule has 8 nitrogen and oxygen atoms in total. The highest BCUT2D eigenvalue weighted by molar-refractivity contribution is 6.07. The van der Waals surface area contributed by atoms with Crippen molar-refractivity contribution in [1.82, 2.24) is 10.4 Å². The summed E-state index contributed by atoms with van der Waals surface area (Å²) in [5, 5.41) is 21.3. The summed E-state index contributed by atoms with van der Waals surface area (Å²) in [5.41, 5.74) is 3.53. The lowest BCUT2D eigenvalue weighted by Gasteiger charge is -2.23. The lowest BCUT2D eigenvalue weighted by molar-refractivity contribution is -0.402. The second kappa shape index (κ2) is 4.22. The van der Waals surface area contributed by atoms with E-state index in [9.17, 15) is 10.1 Å². The molecule has 0 radical (unpaired) electrons. The lowest BCUT2D eigenvalue weighted by Crippen LogP contribution is -2.35. The molecule has 1 saturated heterocycles. The predicted molar refractivity (Wildman–Crippen MR) is 63.8 cm³/mol. The number of nitrogens with one attached hydrogen (secondary N) is 1. The molecule has 0 aliphatic carbocycles. The van der Waals surface area contributed by atoms with Crippen LogP contribution in [-0.4, -0.2) is 28.4 Å². The first-order chi connectivity index (χ1) is 9.19. The molecule has 2 atom stereocenters. The van der Waals surface area contributed by atoms with E-state index in [0.717, 1.165) is 0 Å². The van der Waals surface area contributed by atoms with Crippen molar-refractivity contribution in [3.63, 3.8) is 0 Å². The number of nitrogens with zero attached hydrogens (tertiary/aromatic N) is 4. The summed E-state index contributed by atoms with van der Waals surface area (Å²) >= 11 is 0. The third-order valence-corrected chi connectivity index (χ3v) is 2.99. The Labute approximate surface area is 107 Å². The summed E-state index contributed by atoms with van der Waals surface area (Å²) in [6.07, 6.45) is 3.11. The summed E-state index contributed by atoms with van der Waals surface area (Å²) in [6, 6.07) is 4.96. The molecule has 2 unspecified atom stereocenters. The summed E-state index contributed by atoms with van der Waals surface area (Å²) < 4.78 is 5.10. The normalized spacial score (nSPS) is 24.8. The Morgan fingerprint density at radius 1 is 1.63 bits per heavy atom. The van der Waals surface area contributed by atoms with E-state index >= 15 is 0 Å². The van der Waals surface area contributed by atoms with Crippen molar-refractivity contribution in [2.45, 2.75) is 6.17 Å². The zero-order chi connectivity index (χ0) is 13.4. The number of hydrogen-bond donors (Lipinski definition) is 1. The van der Waals surface area contributed by atoms with Crippen LogP contribution in [-0.2, 0) is 0 Å². The number of hydrogen-bond acceptors (Lipinski definition) is 7. The fraction of sp³-hybridized carbons (Fsp3) is 0.273. The van der Waals surface area contributed by atoms with Gasteiger partial charge in [0.25, 0.3) is 0 Å². The van der Waals surface area contributed by atoms with Crippen LogP contribution in [0.15, 0.2) is 33.8 Å². The SMILES string of the molecule is N#CC1CNN2C=CC(c3ccc([N+](=O)[O-])o3)=NC12. The fourth-order valence-electron chi connectivity index (χ4n) is 2.05. The summed E-state index contributed by atoms with van der Waals surface area (Å²) in [7, 11) is 0. The molecule has 8 heteroatoms. The highest BCUT2D eigenvalue weighted by Crippen LogP contribution is 2.24. The van der Waals surface area contributed by atoms with Crippen LogP contribution in [0.1, 0.15) is 5.76 Å². The third-order valence-electron chi connectivity index (χ3n) is 2.99. The maximum atomic E-state index is 10.6. The average Bonchev–Trinajstić information content (AvgIpc) is 3.04. The molecule has 0 spiro atoms. The van der Waals surface area contributed by atoms with Gasteiger partial charge in [-0.2, -0.15) is 5.26 Å². The van der Waals surface area contributed by atoms with Crippen molar-refractivity contribution in [2.24, 2.45) is 10.9 Å². The first-order valence-electron chi connectivity index (χ1n) is 5.61. The number of fused-ring (bicyclic) bond motifs is 1. The van der Waals surface area contributed by atoms with Gasteiger partial charge in [0.2, 0.25) is 0 Å². The molecule has 0 amide bonds. The Morgan fingerprint density at radius 3 is 3.16 bits per heavy atom. The van der Waals surface area contributed by atoms with Gasteiger partial charge < -0.3 is 4.42 Å². The molecule has 1 fully saturated rings. The zero-order valence-corrected chi connectivity index (χ0v) is 9.68. The molecule has 2 aliphatic rings. The Bertz CT molecular complexity index is 627. The maximum Gasteiger partial charge on any atom is 0.433 e. The van der Waals surface area contributed by atoms with Gasteiger partial charge in [-0.25, -0.2) is 5.43 Å². The van der Waals surface area contributed by atoms with Crippen molar-refractivity contribution < 1.29 is 9.34 Å². The molecule has 1 aromatic rings. The van der Waals surface area contributed by atoms with Crippen LogP contribution < -0.4 is 5.43 Å². The minimum Gasteiger partial charge on any atom is -0.399 e. The molecule has 0 bridgehead atoms. The molecule has 2 aliphatic heterocycles. The van der Waals surface area contributed by atoms with Crippen molar-refractivity contribution in [1.29, 1.82) is 5.26 Å². The fourth-order valence-corrected chi connectivity index (χ4v) is 2.05. The van der Waals surface area contributed by atoms with Crippen LogP contribution >= 0.6 is 0 Å². The molecule has 19 heavy (non-hydrogen) atoms. The molecule has 3 rings (SSSR count).